The fourth-order valence-corrected chi connectivity index (χ4v) is 5.18. The number of rotatable bonds is 4. The Morgan fingerprint density at radius 1 is 0.852 bits per heavy atom. The minimum Gasteiger partial charge on any atom is -0.497 e. The minimum absolute atomic E-state index is 0.0573. The molecule has 3 unspecified atom stereocenters. The molecule has 3 atom stereocenters. The van der Waals surface area contributed by atoms with Crippen molar-refractivity contribution in [3.63, 3.8) is 0 Å². The lowest BCUT2D eigenvalue weighted by Crippen LogP contribution is -2.64. The van der Waals surface area contributed by atoms with E-state index in [4.69, 9.17) is 4.74 Å². The van der Waals surface area contributed by atoms with Crippen molar-refractivity contribution in [2.24, 2.45) is 0 Å². The zero-order chi connectivity index (χ0) is 19.9. The van der Waals surface area contributed by atoms with Crippen molar-refractivity contribution in [1.29, 1.82) is 0 Å². The molecular formula is C19H15F6OS+. The molecule has 0 fully saturated rings. The van der Waals surface area contributed by atoms with Crippen LogP contribution in [0.4, 0.5) is 26.3 Å². The van der Waals surface area contributed by atoms with Crippen LogP contribution in [-0.4, -0.2) is 30.1 Å². The molecule has 0 spiro atoms. The summed E-state index contributed by atoms with van der Waals surface area (Å²) in [5, 5.41) is -3.81. The van der Waals surface area contributed by atoms with E-state index in [1.165, 1.54) is 55.6 Å². The predicted molar refractivity (Wildman–Crippen MR) is 91.1 cm³/mol. The molecule has 144 valence electrons. The van der Waals surface area contributed by atoms with Crippen LogP contribution in [-0.2, 0) is 10.9 Å². The molecule has 0 saturated heterocycles. The fraction of sp³-hybridized carbons (Fsp3) is 0.263. The largest absolute Gasteiger partial charge is 0.497 e. The maximum absolute atomic E-state index is 15.7. The predicted octanol–water partition coefficient (Wildman–Crippen LogP) is 5.58. The lowest BCUT2D eigenvalue weighted by atomic mass is 9.95. The van der Waals surface area contributed by atoms with E-state index < -0.39 is 33.9 Å². The second-order valence-corrected chi connectivity index (χ2v) is 8.05. The number of allylic oxidation sites excluding steroid dienone is 1. The molecule has 2 aromatic carbocycles. The number of benzene rings is 2. The number of ether oxygens (including phenoxy) is 1. The van der Waals surface area contributed by atoms with Crippen molar-refractivity contribution in [3.05, 3.63) is 66.7 Å². The third-order valence-electron chi connectivity index (χ3n) is 4.24. The molecule has 27 heavy (non-hydrogen) atoms. The standard InChI is InChI=1S/C19H15F6OS/c1-26-13-7-9-15(10-8-13)27(14-5-3-2-4-6-14)17(21)12-11-16(20)18(22,23)19(17,24)25/h2-12,16H,1H3/q+1. The number of alkyl halides is 6. The van der Waals surface area contributed by atoms with Crippen LogP contribution in [0.3, 0.4) is 0 Å². The molecule has 2 aromatic rings. The van der Waals surface area contributed by atoms with Crippen LogP contribution in [0.25, 0.3) is 0 Å². The summed E-state index contributed by atoms with van der Waals surface area (Å²) >= 11 is 0. The second kappa shape index (κ2) is 6.82. The van der Waals surface area contributed by atoms with Crippen LogP contribution in [0.5, 0.6) is 5.75 Å². The van der Waals surface area contributed by atoms with Crippen molar-refractivity contribution in [1.82, 2.24) is 0 Å². The summed E-state index contributed by atoms with van der Waals surface area (Å²) < 4.78 is 91.3. The Labute approximate surface area is 155 Å². The summed E-state index contributed by atoms with van der Waals surface area (Å²) in [5.74, 6) is -10.0. The first-order valence-corrected chi connectivity index (χ1v) is 9.09. The SMILES string of the molecule is COc1ccc([S+](c2ccccc2)C2(F)C=CC(F)C(F)(F)C2(F)F)cc1. The van der Waals surface area contributed by atoms with E-state index in [1.54, 1.807) is 6.07 Å². The van der Waals surface area contributed by atoms with Gasteiger partial charge in [0.05, 0.1) is 7.11 Å². The molecule has 0 aromatic heterocycles. The van der Waals surface area contributed by atoms with Gasteiger partial charge in [0.25, 0.3) is 0 Å². The van der Waals surface area contributed by atoms with Gasteiger partial charge in [0.1, 0.15) is 16.6 Å². The molecule has 0 heterocycles. The molecule has 3 rings (SSSR count). The minimum atomic E-state index is -5.26. The molecule has 0 radical (unpaired) electrons. The number of halogens is 6. The highest BCUT2D eigenvalue weighted by Gasteiger charge is 2.81. The van der Waals surface area contributed by atoms with E-state index in [0.29, 0.717) is 5.75 Å². The lowest BCUT2D eigenvalue weighted by molar-refractivity contribution is -0.262. The molecule has 0 saturated carbocycles. The lowest BCUT2D eigenvalue weighted by Gasteiger charge is -2.38. The fourth-order valence-electron chi connectivity index (χ4n) is 2.78. The summed E-state index contributed by atoms with van der Waals surface area (Å²) in [6.45, 7) is 0. The molecule has 1 aliphatic rings. The van der Waals surface area contributed by atoms with E-state index in [9.17, 15) is 22.0 Å². The van der Waals surface area contributed by atoms with Crippen LogP contribution in [0.15, 0.2) is 76.5 Å². The molecular weight excluding hydrogens is 390 g/mol. The molecule has 0 bridgehead atoms. The number of hydrogen-bond acceptors (Lipinski definition) is 1. The summed E-state index contributed by atoms with van der Waals surface area (Å²) in [5.41, 5.74) is 0. The molecule has 0 N–H and O–H groups in total. The number of hydrogen-bond donors (Lipinski definition) is 0. The average molecular weight is 405 g/mol. The Morgan fingerprint density at radius 3 is 1.96 bits per heavy atom. The molecule has 1 aliphatic carbocycles. The number of methoxy groups -OCH3 is 1. The zero-order valence-corrected chi connectivity index (χ0v) is 14.8. The molecule has 0 aliphatic heterocycles. The van der Waals surface area contributed by atoms with E-state index in [0.717, 1.165) is 0 Å². The third-order valence-corrected chi connectivity index (χ3v) is 6.72. The average Bonchev–Trinajstić information content (AvgIpc) is 2.66. The van der Waals surface area contributed by atoms with Crippen molar-refractivity contribution < 1.29 is 31.1 Å². The highest BCUT2D eigenvalue weighted by atomic mass is 32.2. The van der Waals surface area contributed by atoms with Gasteiger partial charge in [0, 0.05) is 6.08 Å². The second-order valence-electron chi connectivity index (χ2n) is 5.90. The monoisotopic (exact) mass is 405 g/mol. The van der Waals surface area contributed by atoms with Crippen LogP contribution in [0.2, 0.25) is 0 Å². The van der Waals surface area contributed by atoms with E-state index >= 15 is 4.39 Å². The van der Waals surface area contributed by atoms with E-state index in [2.05, 4.69) is 0 Å². The maximum Gasteiger partial charge on any atom is 0.396 e. The van der Waals surface area contributed by atoms with Crippen molar-refractivity contribution in [3.8, 4) is 5.75 Å². The highest BCUT2D eigenvalue weighted by Crippen LogP contribution is 2.56. The highest BCUT2D eigenvalue weighted by molar-refractivity contribution is 7.98. The molecule has 0 amide bonds. The van der Waals surface area contributed by atoms with E-state index in [1.807, 2.05) is 0 Å². The molecule has 8 heteroatoms. The van der Waals surface area contributed by atoms with Gasteiger partial charge in [-0.1, -0.05) is 18.2 Å². The first-order chi connectivity index (χ1) is 12.6. The third kappa shape index (κ3) is 2.99. The zero-order valence-electron chi connectivity index (χ0n) is 14.0. The Hall–Kier alpha value is -2.09. The maximum atomic E-state index is 15.7. The Bertz CT molecular complexity index is 824. The van der Waals surface area contributed by atoms with Gasteiger partial charge in [-0.15, -0.1) is 0 Å². The van der Waals surface area contributed by atoms with Gasteiger partial charge in [0.15, 0.2) is 16.0 Å². The van der Waals surface area contributed by atoms with Gasteiger partial charge >= 0.3 is 16.8 Å². The summed E-state index contributed by atoms with van der Waals surface area (Å²) in [6.07, 6.45) is -2.87. The van der Waals surface area contributed by atoms with Gasteiger partial charge < -0.3 is 4.74 Å². The Kier molecular flexibility index (Phi) is 4.96. The van der Waals surface area contributed by atoms with Gasteiger partial charge in [-0.25, -0.2) is 4.39 Å². The van der Waals surface area contributed by atoms with Crippen LogP contribution in [0.1, 0.15) is 0 Å². The normalized spacial score (nSPS) is 27.1. The summed E-state index contributed by atoms with van der Waals surface area (Å²) in [6, 6.07) is 12.8. The summed E-state index contributed by atoms with van der Waals surface area (Å²) in [7, 11) is -0.759. The topological polar surface area (TPSA) is 9.23 Å². The Morgan fingerprint density at radius 2 is 1.41 bits per heavy atom. The quantitative estimate of drug-likeness (QED) is 0.367. The molecule has 1 nitrogen and oxygen atoms in total. The Balaban J connectivity index is 2.22. The first-order valence-electron chi connectivity index (χ1n) is 7.86. The van der Waals surface area contributed by atoms with Crippen LogP contribution < -0.4 is 4.74 Å². The smallest absolute Gasteiger partial charge is 0.396 e. The van der Waals surface area contributed by atoms with Gasteiger partial charge in [-0.05, 0) is 42.5 Å². The first kappa shape index (κ1) is 19.7. The van der Waals surface area contributed by atoms with Crippen molar-refractivity contribution in [2.75, 3.05) is 7.11 Å². The van der Waals surface area contributed by atoms with Crippen LogP contribution >= 0.6 is 0 Å². The van der Waals surface area contributed by atoms with E-state index in [-0.39, 0.29) is 21.9 Å². The van der Waals surface area contributed by atoms with Crippen molar-refractivity contribution >= 4 is 10.9 Å². The summed E-state index contributed by atoms with van der Waals surface area (Å²) in [4.78, 5) is 0.143. The van der Waals surface area contributed by atoms with Gasteiger partial charge in [-0.3, -0.25) is 0 Å². The van der Waals surface area contributed by atoms with Gasteiger partial charge in [0.2, 0.25) is 0 Å². The van der Waals surface area contributed by atoms with Crippen molar-refractivity contribution in [2.45, 2.75) is 32.8 Å². The van der Waals surface area contributed by atoms with Gasteiger partial charge in [-0.2, -0.15) is 22.0 Å². The van der Waals surface area contributed by atoms with Crippen LogP contribution in [0, 0.1) is 0 Å².